The minimum absolute atomic E-state index is 0.00910. The molecule has 0 radical (unpaired) electrons. The molecule has 3 N–H and O–H groups in total. The number of nitrogens with one attached hydrogen (secondary N) is 2. The van der Waals surface area contributed by atoms with Crippen LogP contribution in [0, 0.1) is 5.92 Å². The SMILES string of the molecule is O[C@H](CNCCNCC1C2=CC=C1C2)c1cc(-c2ccc(C(F)(F)F)cc2)nc(C(F)(F)F)c1. The van der Waals surface area contributed by atoms with Gasteiger partial charge in [-0.2, -0.15) is 26.3 Å². The van der Waals surface area contributed by atoms with E-state index in [0.717, 1.165) is 43.3 Å². The van der Waals surface area contributed by atoms with E-state index in [4.69, 9.17) is 0 Å². The monoisotopic (exact) mass is 483 g/mol. The number of allylic oxidation sites excluding steroid dienone is 2. The summed E-state index contributed by atoms with van der Waals surface area (Å²) in [6.45, 7) is 1.97. The van der Waals surface area contributed by atoms with Crippen molar-refractivity contribution in [1.29, 1.82) is 0 Å². The Labute approximate surface area is 192 Å². The molecule has 1 heterocycles. The van der Waals surface area contributed by atoms with Crippen molar-refractivity contribution in [1.82, 2.24) is 15.6 Å². The normalized spacial score (nSPS) is 16.8. The Morgan fingerprint density at radius 2 is 1.56 bits per heavy atom. The Kier molecular flexibility index (Phi) is 6.84. The molecule has 1 saturated carbocycles. The fraction of sp³-hybridized carbons (Fsp3) is 0.375. The zero-order chi connectivity index (χ0) is 24.5. The van der Waals surface area contributed by atoms with Gasteiger partial charge in [-0.1, -0.05) is 35.4 Å². The maximum Gasteiger partial charge on any atom is 0.433 e. The number of hydrogen-bond donors (Lipinski definition) is 3. The van der Waals surface area contributed by atoms with Crippen LogP contribution in [0.25, 0.3) is 11.3 Å². The zero-order valence-electron chi connectivity index (χ0n) is 18.0. The van der Waals surface area contributed by atoms with Crippen LogP contribution in [0.4, 0.5) is 26.3 Å². The van der Waals surface area contributed by atoms with E-state index in [1.807, 2.05) is 0 Å². The van der Waals surface area contributed by atoms with E-state index in [-0.39, 0.29) is 23.4 Å². The van der Waals surface area contributed by atoms with Crippen LogP contribution < -0.4 is 10.6 Å². The summed E-state index contributed by atoms with van der Waals surface area (Å²) in [7, 11) is 0. The Hall–Kier alpha value is -2.69. The third kappa shape index (κ3) is 5.51. The number of hydrogen-bond acceptors (Lipinski definition) is 4. The van der Waals surface area contributed by atoms with Gasteiger partial charge < -0.3 is 15.7 Å². The third-order valence-corrected chi connectivity index (χ3v) is 6.01. The molecule has 2 bridgehead atoms. The van der Waals surface area contributed by atoms with Crippen molar-refractivity contribution >= 4 is 0 Å². The first kappa shape index (κ1) is 24.4. The van der Waals surface area contributed by atoms with Gasteiger partial charge in [-0.15, -0.1) is 0 Å². The summed E-state index contributed by atoms with van der Waals surface area (Å²) in [5, 5.41) is 16.8. The van der Waals surface area contributed by atoms with E-state index in [2.05, 4.69) is 27.8 Å². The van der Waals surface area contributed by atoms with E-state index in [0.29, 0.717) is 19.0 Å². The summed E-state index contributed by atoms with van der Waals surface area (Å²) in [4.78, 5) is 3.56. The molecular formula is C24H23F6N3O. The number of aliphatic hydroxyl groups excluding tert-OH is 1. The first-order valence-corrected chi connectivity index (χ1v) is 10.8. The second-order valence-corrected chi connectivity index (χ2v) is 8.38. The minimum atomic E-state index is -4.78. The summed E-state index contributed by atoms with van der Waals surface area (Å²) in [6, 6.07) is 5.70. The molecule has 0 amide bonds. The van der Waals surface area contributed by atoms with Crippen LogP contribution in [-0.4, -0.2) is 36.3 Å². The summed E-state index contributed by atoms with van der Waals surface area (Å²) < 4.78 is 78.5. The quantitative estimate of drug-likeness (QED) is 0.351. The second-order valence-electron chi connectivity index (χ2n) is 8.38. The number of pyridine rings is 1. The first-order valence-electron chi connectivity index (χ1n) is 10.8. The van der Waals surface area contributed by atoms with Gasteiger partial charge in [-0.05, 0) is 36.2 Å². The molecule has 1 atom stereocenters. The third-order valence-electron chi connectivity index (χ3n) is 6.01. The van der Waals surface area contributed by atoms with Crippen LogP contribution in [0.15, 0.2) is 59.7 Å². The number of nitrogens with zero attached hydrogens (tertiary/aromatic N) is 1. The zero-order valence-corrected chi connectivity index (χ0v) is 18.0. The number of rotatable bonds is 9. The molecule has 0 spiro atoms. The molecule has 5 rings (SSSR count). The molecule has 3 aliphatic carbocycles. The van der Waals surface area contributed by atoms with Crippen molar-refractivity contribution < 1.29 is 31.4 Å². The highest BCUT2D eigenvalue weighted by molar-refractivity contribution is 5.61. The van der Waals surface area contributed by atoms with Gasteiger partial charge in [-0.3, -0.25) is 0 Å². The van der Waals surface area contributed by atoms with Gasteiger partial charge in [0.1, 0.15) is 5.69 Å². The Balaban J connectivity index is 1.37. The number of benzene rings is 1. The second kappa shape index (κ2) is 9.52. The van der Waals surface area contributed by atoms with Crippen LogP contribution in [0.3, 0.4) is 0 Å². The maximum atomic E-state index is 13.4. The minimum Gasteiger partial charge on any atom is -0.387 e. The first-order chi connectivity index (χ1) is 16.0. The van der Waals surface area contributed by atoms with Gasteiger partial charge in [0.05, 0.1) is 17.4 Å². The lowest BCUT2D eigenvalue weighted by atomic mass is 9.79. The Morgan fingerprint density at radius 1 is 0.912 bits per heavy atom. The van der Waals surface area contributed by atoms with E-state index in [1.54, 1.807) is 0 Å². The van der Waals surface area contributed by atoms with Crippen LogP contribution in [0.5, 0.6) is 0 Å². The van der Waals surface area contributed by atoms with Gasteiger partial charge in [-0.25, -0.2) is 4.98 Å². The summed E-state index contributed by atoms with van der Waals surface area (Å²) in [6.07, 6.45) is -5.25. The highest BCUT2D eigenvalue weighted by Crippen LogP contribution is 2.43. The van der Waals surface area contributed by atoms with E-state index in [9.17, 15) is 31.4 Å². The van der Waals surface area contributed by atoms with E-state index >= 15 is 0 Å². The highest BCUT2D eigenvalue weighted by atomic mass is 19.4. The average molecular weight is 483 g/mol. The lowest BCUT2D eigenvalue weighted by molar-refractivity contribution is -0.141. The molecule has 3 aliphatic rings. The van der Waals surface area contributed by atoms with Gasteiger partial charge >= 0.3 is 12.4 Å². The molecule has 0 unspecified atom stereocenters. The summed E-state index contributed by atoms with van der Waals surface area (Å²) >= 11 is 0. The Morgan fingerprint density at radius 3 is 2.15 bits per heavy atom. The van der Waals surface area contributed by atoms with Gasteiger partial charge in [0, 0.05) is 37.7 Å². The molecule has 34 heavy (non-hydrogen) atoms. The van der Waals surface area contributed by atoms with Crippen molar-refractivity contribution in [3.8, 4) is 11.3 Å². The molecule has 10 heteroatoms. The molecule has 0 saturated heterocycles. The van der Waals surface area contributed by atoms with Crippen molar-refractivity contribution in [2.75, 3.05) is 26.2 Å². The molecule has 1 fully saturated rings. The maximum absolute atomic E-state index is 13.4. The lowest BCUT2D eigenvalue weighted by Gasteiger charge is -2.29. The fourth-order valence-corrected chi connectivity index (χ4v) is 4.06. The van der Waals surface area contributed by atoms with Crippen molar-refractivity contribution in [2.45, 2.75) is 24.9 Å². The van der Waals surface area contributed by atoms with Crippen LogP contribution in [0.1, 0.15) is 29.3 Å². The molecule has 4 nitrogen and oxygen atoms in total. The molecule has 0 aliphatic heterocycles. The lowest BCUT2D eigenvalue weighted by Crippen LogP contribution is -2.35. The van der Waals surface area contributed by atoms with E-state index < -0.39 is 29.7 Å². The standard InChI is InChI=1S/C24H23F6N3O/c25-23(26,27)18-5-3-14(4-6-18)20-10-17(11-22(33-20)24(28,29)30)21(34)13-32-8-7-31-12-19-15-1-2-16(19)9-15/h1-6,10-11,19,21,31-32,34H,7-9,12-13H2/t21-/m1/s1. The number of aromatic nitrogens is 1. The summed E-state index contributed by atoms with van der Waals surface area (Å²) in [5.74, 6) is 0.479. The molecule has 182 valence electrons. The van der Waals surface area contributed by atoms with Crippen molar-refractivity contribution in [3.63, 3.8) is 0 Å². The highest BCUT2D eigenvalue weighted by Gasteiger charge is 2.35. The molecule has 1 aromatic heterocycles. The van der Waals surface area contributed by atoms with Crippen LogP contribution in [-0.2, 0) is 12.4 Å². The van der Waals surface area contributed by atoms with Crippen LogP contribution >= 0.6 is 0 Å². The predicted molar refractivity (Wildman–Crippen MR) is 115 cm³/mol. The molecule has 2 aromatic rings. The number of halogens is 6. The van der Waals surface area contributed by atoms with Gasteiger partial charge in [0.25, 0.3) is 0 Å². The van der Waals surface area contributed by atoms with Gasteiger partial charge in [0.2, 0.25) is 0 Å². The van der Waals surface area contributed by atoms with E-state index in [1.165, 1.54) is 17.2 Å². The number of aliphatic hydroxyl groups is 1. The molecule has 1 aromatic carbocycles. The smallest absolute Gasteiger partial charge is 0.387 e. The van der Waals surface area contributed by atoms with Crippen LogP contribution in [0.2, 0.25) is 0 Å². The predicted octanol–water partition coefficient (Wildman–Crippen LogP) is 4.89. The van der Waals surface area contributed by atoms with Crippen molar-refractivity contribution in [2.24, 2.45) is 5.92 Å². The fourth-order valence-electron chi connectivity index (χ4n) is 4.06. The van der Waals surface area contributed by atoms with Crippen molar-refractivity contribution in [3.05, 3.63) is 76.5 Å². The number of fused-ring (bicyclic) bond motifs is 1. The summed E-state index contributed by atoms with van der Waals surface area (Å²) in [5.41, 5.74) is 0.598. The van der Waals surface area contributed by atoms with Gasteiger partial charge in [0.15, 0.2) is 0 Å². The average Bonchev–Trinajstić information content (AvgIpc) is 3.42. The topological polar surface area (TPSA) is 57.2 Å². The molecular weight excluding hydrogens is 460 g/mol. The largest absolute Gasteiger partial charge is 0.433 e. The Bertz CT molecular complexity index is 1070. The number of alkyl halides is 6.